The zero-order valence-corrected chi connectivity index (χ0v) is 13.1. The molecule has 1 saturated carbocycles. The molecule has 1 heterocycles. The maximum Gasteiger partial charge on any atom is 0.223 e. The lowest BCUT2D eigenvalue weighted by Gasteiger charge is -2.15. The molecule has 1 fully saturated rings. The fourth-order valence-corrected chi connectivity index (χ4v) is 2.49. The minimum Gasteiger partial charge on any atom is -0.453 e. The Morgan fingerprint density at radius 3 is 2.83 bits per heavy atom. The molecule has 3 rings (SSSR count). The van der Waals surface area contributed by atoms with Crippen molar-refractivity contribution >= 4 is 5.91 Å². The number of hydrogen-bond donors (Lipinski definition) is 1. The predicted molar refractivity (Wildman–Crippen MR) is 84.5 cm³/mol. The zero-order chi connectivity index (χ0) is 16.4. The van der Waals surface area contributed by atoms with Crippen molar-refractivity contribution in [1.82, 2.24) is 10.3 Å². The van der Waals surface area contributed by atoms with Gasteiger partial charge in [0.2, 0.25) is 5.91 Å². The van der Waals surface area contributed by atoms with Crippen LogP contribution in [0.2, 0.25) is 0 Å². The molecule has 0 unspecified atom stereocenters. The van der Waals surface area contributed by atoms with Crippen LogP contribution in [0, 0.1) is 17.7 Å². The van der Waals surface area contributed by atoms with E-state index in [1.165, 1.54) is 12.3 Å². The summed E-state index contributed by atoms with van der Waals surface area (Å²) in [7, 11) is 0. The van der Waals surface area contributed by atoms with Gasteiger partial charge in [-0.3, -0.25) is 9.78 Å². The van der Waals surface area contributed by atoms with E-state index in [2.05, 4.69) is 17.2 Å². The molecule has 1 amide bonds. The van der Waals surface area contributed by atoms with Gasteiger partial charge < -0.3 is 10.1 Å². The Hall–Kier alpha value is -2.43. The van der Waals surface area contributed by atoms with Crippen LogP contribution in [0.3, 0.4) is 0 Å². The molecule has 1 N–H and O–H groups in total. The minimum atomic E-state index is -0.466. The summed E-state index contributed by atoms with van der Waals surface area (Å²) in [5.41, 5.74) is 0.711. The number of halogens is 1. The summed E-state index contributed by atoms with van der Waals surface area (Å²) in [5, 5.41) is 2.93. The summed E-state index contributed by atoms with van der Waals surface area (Å²) < 4.78 is 19.7. The van der Waals surface area contributed by atoms with Gasteiger partial charge in [-0.2, -0.15) is 0 Å². The Morgan fingerprint density at radius 1 is 1.43 bits per heavy atom. The number of aromatic nitrogens is 1. The molecular weight excluding hydrogens is 295 g/mol. The van der Waals surface area contributed by atoms with E-state index in [9.17, 15) is 9.18 Å². The number of rotatable bonds is 5. The van der Waals surface area contributed by atoms with Gasteiger partial charge in [-0.25, -0.2) is 4.39 Å². The molecule has 2 aromatic rings. The first-order valence-corrected chi connectivity index (χ1v) is 7.72. The van der Waals surface area contributed by atoms with Crippen LogP contribution in [-0.2, 0) is 4.79 Å². The number of carbonyl (C=O) groups excluding carboxylic acids is 1. The first kappa shape index (κ1) is 15.5. The third kappa shape index (κ3) is 3.67. The number of benzene rings is 1. The summed E-state index contributed by atoms with van der Waals surface area (Å²) >= 11 is 0. The van der Waals surface area contributed by atoms with E-state index < -0.39 is 5.82 Å². The number of carbonyl (C=O) groups is 1. The molecule has 1 aromatic carbocycles. The summed E-state index contributed by atoms with van der Waals surface area (Å²) in [4.78, 5) is 15.9. The van der Waals surface area contributed by atoms with Gasteiger partial charge in [-0.15, -0.1) is 0 Å². The minimum absolute atomic E-state index is 0.0427. The molecule has 5 heteroatoms. The van der Waals surface area contributed by atoms with Gasteiger partial charge in [0, 0.05) is 12.1 Å². The quantitative estimate of drug-likeness (QED) is 0.912. The first-order chi connectivity index (χ1) is 11.0. The van der Waals surface area contributed by atoms with Gasteiger partial charge in [-0.05, 0) is 49.1 Å². The number of amides is 1. The highest BCUT2D eigenvalue weighted by molar-refractivity contribution is 5.81. The maximum absolute atomic E-state index is 14.2. The molecule has 0 bridgehead atoms. The number of nitrogens with zero attached hydrogens (tertiary/aromatic N) is 1. The molecule has 0 saturated heterocycles. The van der Waals surface area contributed by atoms with Gasteiger partial charge in [0.05, 0.1) is 12.2 Å². The largest absolute Gasteiger partial charge is 0.453 e. The van der Waals surface area contributed by atoms with Crippen LogP contribution in [0.1, 0.15) is 31.9 Å². The monoisotopic (exact) mass is 314 g/mol. The molecule has 1 aromatic heterocycles. The van der Waals surface area contributed by atoms with Crippen molar-refractivity contribution in [3.63, 3.8) is 0 Å². The molecule has 1 aliphatic rings. The average Bonchev–Trinajstić information content (AvgIpc) is 3.27. The van der Waals surface area contributed by atoms with E-state index in [0.29, 0.717) is 17.2 Å². The Labute approximate surface area is 134 Å². The second kappa shape index (κ2) is 6.36. The summed E-state index contributed by atoms with van der Waals surface area (Å²) in [6.07, 6.45) is 4.08. The van der Waals surface area contributed by atoms with Crippen LogP contribution in [-0.4, -0.2) is 10.9 Å². The molecule has 120 valence electrons. The molecule has 1 aliphatic carbocycles. The van der Waals surface area contributed by atoms with Crippen LogP contribution in [0.4, 0.5) is 4.39 Å². The Bertz CT molecular complexity index is 705. The summed E-state index contributed by atoms with van der Waals surface area (Å²) in [6.45, 7) is 3.90. The lowest BCUT2D eigenvalue weighted by molar-refractivity contribution is -0.123. The molecule has 0 spiro atoms. The zero-order valence-electron chi connectivity index (χ0n) is 13.1. The number of hydrogen-bond acceptors (Lipinski definition) is 3. The number of ether oxygens (including phenoxy) is 1. The van der Waals surface area contributed by atoms with Crippen molar-refractivity contribution in [2.24, 2.45) is 11.8 Å². The van der Waals surface area contributed by atoms with Gasteiger partial charge in [0.25, 0.3) is 0 Å². The smallest absolute Gasteiger partial charge is 0.223 e. The Morgan fingerprint density at radius 2 is 2.22 bits per heavy atom. The van der Waals surface area contributed by atoms with Crippen molar-refractivity contribution in [1.29, 1.82) is 0 Å². The molecule has 0 aliphatic heterocycles. The van der Waals surface area contributed by atoms with E-state index in [-0.39, 0.29) is 23.6 Å². The molecule has 0 radical (unpaired) electrons. The van der Waals surface area contributed by atoms with E-state index in [1.54, 1.807) is 30.5 Å². The van der Waals surface area contributed by atoms with Crippen molar-refractivity contribution in [2.45, 2.75) is 26.3 Å². The standard InChI is InChI=1S/C18H19FN2O2/c1-11-8-15(11)18(22)21-12(2)13-5-6-17(16(19)9-13)23-14-4-3-7-20-10-14/h3-7,9-12,15H,8H2,1-2H3,(H,21,22)/t11-,12+,15-/m1/s1. The molecule has 4 nitrogen and oxygen atoms in total. The van der Waals surface area contributed by atoms with Gasteiger partial charge in [0.1, 0.15) is 5.75 Å². The van der Waals surface area contributed by atoms with Crippen LogP contribution < -0.4 is 10.1 Å². The van der Waals surface area contributed by atoms with E-state index in [0.717, 1.165) is 6.42 Å². The second-order valence-electron chi connectivity index (χ2n) is 6.03. The molecule has 3 atom stereocenters. The average molecular weight is 314 g/mol. The second-order valence-corrected chi connectivity index (χ2v) is 6.03. The van der Waals surface area contributed by atoms with E-state index in [4.69, 9.17) is 4.74 Å². The SMILES string of the molecule is C[C@H](NC(=O)[C@@H]1C[C@H]1C)c1ccc(Oc2cccnc2)c(F)c1. The lowest BCUT2D eigenvalue weighted by atomic mass is 10.1. The van der Waals surface area contributed by atoms with E-state index >= 15 is 0 Å². The fourth-order valence-electron chi connectivity index (χ4n) is 2.49. The van der Waals surface area contributed by atoms with Crippen LogP contribution in [0.15, 0.2) is 42.7 Å². The molecule has 23 heavy (non-hydrogen) atoms. The highest BCUT2D eigenvalue weighted by atomic mass is 19.1. The van der Waals surface area contributed by atoms with Crippen molar-refractivity contribution in [2.75, 3.05) is 0 Å². The number of nitrogens with one attached hydrogen (secondary N) is 1. The van der Waals surface area contributed by atoms with E-state index in [1.807, 2.05) is 6.92 Å². The highest BCUT2D eigenvalue weighted by Crippen LogP contribution is 2.38. The summed E-state index contributed by atoms with van der Waals surface area (Å²) in [6, 6.07) is 7.92. The third-order valence-corrected chi connectivity index (χ3v) is 4.12. The van der Waals surface area contributed by atoms with Crippen LogP contribution in [0.25, 0.3) is 0 Å². The number of pyridine rings is 1. The fraction of sp³-hybridized carbons (Fsp3) is 0.333. The third-order valence-electron chi connectivity index (χ3n) is 4.12. The Balaban J connectivity index is 1.67. The lowest BCUT2D eigenvalue weighted by Crippen LogP contribution is -2.28. The van der Waals surface area contributed by atoms with Crippen molar-refractivity contribution in [3.8, 4) is 11.5 Å². The molecular formula is C18H19FN2O2. The topological polar surface area (TPSA) is 51.2 Å². The van der Waals surface area contributed by atoms with Crippen LogP contribution >= 0.6 is 0 Å². The first-order valence-electron chi connectivity index (χ1n) is 7.72. The highest BCUT2D eigenvalue weighted by Gasteiger charge is 2.39. The predicted octanol–water partition coefficient (Wildman–Crippen LogP) is 3.85. The van der Waals surface area contributed by atoms with Crippen molar-refractivity contribution in [3.05, 3.63) is 54.1 Å². The maximum atomic E-state index is 14.2. The van der Waals surface area contributed by atoms with Gasteiger partial charge in [0.15, 0.2) is 11.6 Å². The summed E-state index contributed by atoms with van der Waals surface area (Å²) in [5.74, 6) is 0.748. The van der Waals surface area contributed by atoms with Crippen molar-refractivity contribution < 1.29 is 13.9 Å². The van der Waals surface area contributed by atoms with Gasteiger partial charge in [-0.1, -0.05) is 13.0 Å². The normalized spacial score (nSPS) is 20.7. The Kier molecular flexibility index (Phi) is 4.28. The van der Waals surface area contributed by atoms with Gasteiger partial charge >= 0.3 is 0 Å². The van der Waals surface area contributed by atoms with Crippen LogP contribution in [0.5, 0.6) is 11.5 Å².